The van der Waals surface area contributed by atoms with Crippen LogP contribution in [0.3, 0.4) is 0 Å². The molecule has 0 heterocycles. The van der Waals surface area contributed by atoms with Gasteiger partial charge in [-0.2, -0.15) is 13.5 Å². The second-order valence-corrected chi connectivity index (χ2v) is 0.283. The Morgan fingerprint density at radius 1 is 1.29 bits per heavy atom. The Bertz CT molecular complexity index is 37.9. The van der Waals surface area contributed by atoms with Gasteiger partial charge in [-0.05, 0) is 0 Å². The Morgan fingerprint density at radius 3 is 1.29 bits per heavy atom. The van der Waals surface area contributed by atoms with E-state index in [1.54, 1.807) is 0 Å². The van der Waals surface area contributed by atoms with Crippen LogP contribution in [0, 0.1) is 0 Å². The predicted molar refractivity (Wildman–Crippen MR) is 35.3 cm³/mol. The van der Waals surface area contributed by atoms with Crippen molar-refractivity contribution in [3.05, 3.63) is 0 Å². The van der Waals surface area contributed by atoms with Crippen LogP contribution < -0.4 is 0 Å². The normalized spacial score (nSPS) is 3.43. The van der Waals surface area contributed by atoms with Gasteiger partial charge < -0.3 is 10.2 Å². The first kappa shape index (κ1) is 22.8. The molecule has 0 amide bonds. The zero-order valence-electron chi connectivity index (χ0n) is 2.30. The van der Waals surface area contributed by atoms with Crippen LogP contribution in [0.25, 0.3) is 0 Å². The zero-order valence-corrected chi connectivity index (χ0v) is 3.30. The molecule has 0 bridgehead atoms. The van der Waals surface area contributed by atoms with Crippen molar-refractivity contribution in [2.45, 2.75) is 0 Å². The summed E-state index contributed by atoms with van der Waals surface area (Å²) in [6.07, 6.45) is -1.83. The van der Waals surface area contributed by atoms with Gasteiger partial charge in [-0.1, -0.05) is 0 Å². The molecule has 0 atom stereocenters. The molecule has 0 saturated carbocycles. The SMILES string of the molecule is O=C(O)O.S.[KH].[NaH]. The molecular formula is CH6KNaO3S. The second-order valence-electron chi connectivity index (χ2n) is 0.283. The predicted octanol–water partition coefficient (Wildman–Crippen LogP) is -0.962. The third-order valence-electron chi connectivity index (χ3n) is 0. The van der Waals surface area contributed by atoms with Gasteiger partial charge in [0.15, 0.2) is 0 Å². The van der Waals surface area contributed by atoms with Crippen LogP contribution in [0.2, 0.25) is 0 Å². The minimum absolute atomic E-state index is 0. The molecule has 0 fully saturated rings. The summed E-state index contributed by atoms with van der Waals surface area (Å²) < 4.78 is 0. The summed E-state index contributed by atoms with van der Waals surface area (Å²) in [5.74, 6) is 0. The van der Waals surface area contributed by atoms with Crippen LogP contribution in [0.4, 0.5) is 4.79 Å². The van der Waals surface area contributed by atoms with E-state index < -0.39 is 6.16 Å². The van der Waals surface area contributed by atoms with Gasteiger partial charge in [0.2, 0.25) is 0 Å². The first-order valence-electron chi connectivity index (χ1n) is 0.651. The number of carboxylic acid groups (broad SMARTS) is 2. The first-order valence-corrected chi connectivity index (χ1v) is 0.651. The van der Waals surface area contributed by atoms with Crippen molar-refractivity contribution in [2.75, 3.05) is 0 Å². The molecular weight excluding hydrogens is 154 g/mol. The fourth-order valence-corrected chi connectivity index (χ4v) is 0. The fourth-order valence-electron chi connectivity index (χ4n) is 0. The third kappa shape index (κ3) is 63.5. The van der Waals surface area contributed by atoms with Crippen molar-refractivity contribution in [2.24, 2.45) is 0 Å². The van der Waals surface area contributed by atoms with Gasteiger partial charge in [0.25, 0.3) is 0 Å². The molecule has 0 aliphatic carbocycles. The van der Waals surface area contributed by atoms with Gasteiger partial charge >= 0.3 is 87.1 Å². The Labute approximate surface area is 113 Å². The second kappa shape index (κ2) is 15.7. The van der Waals surface area contributed by atoms with Gasteiger partial charge in [-0.3, -0.25) is 0 Å². The number of carbonyl (C=O) groups is 1. The maximum atomic E-state index is 8.56. The van der Waals surface area contributed by atoms with Crippen molar-refractivity contribution in [3.8, 4) is 0 Å². The van der Waals surface area contributed by atoms with Gasteiger partial charge in [0.05, 0.1) is 0 Å². The van der Waals surface area contributed by atoms with Crippen LogP contribution >= 0.6 is 13.5 Å². The van der Waals surface area contributed by atoms with Gasteiger partial charge in [0.1, 0.15) is 0 Å². The van der Waals surface area contributed by atoms with Crippen LogP contribution in [-0.2, 0) is 0 Å². The Morgan fingerprint density at radius 2 is 1.29 bits per heavy atom. The summed E-state index contributed by atoms with van der Waals surface area (Å²) >= 11 is 0. The molecule has 36 valence electrons. The quantitative estimate of drug-likeness (QED) is 0.449. The molecule has 0 saturated heterocycles. The first-order chi connectivity index (χ1) is 1.73. The van der Waals surface area contributed by atoms with E-state index in [1.165, 1.54) is 0 Å². The average Bonchev–Trinajstić information content (AvgIpc) is 0.811. The molecule has 6 heteroatoms. The van der Waals surface area contributed by atoms with E-state index in [-0.39, 0.29) is 94.4 Å². The van der Waals surface area contributed by atoms with Gasteiger partial charge in [-0.15, -0.1) is 0 Å². The average molecular weight is 160 g/mol. The summed E-state index contributed by atoms with van der Waals surface area (Å²) in [4.78, 5) is 8.56. The molecule has 0 aromatic heterocycles. The summed E-state index contributed by atoms with van der Waals surface area (Å²) in [7, 11) is 0. The molecule has 0 aliphatic rings. The molecule has 0 aromatic rings. The Balaban J connectivity index is -0.0000000150. The standard InChI is InChI=1S/CH2O3.K.Na.H2S.2H/c2-1(3)4;;;;;/h(H2,2,3,4);;;1H2;;. The van der Waals surface area contributed by atoms with E-state index in [0.717, 1.165) is 0 Å². The summed E-state index contributed by atoms with van der Waals surface area (Å²) in [5, 5.41) is 13.9. The molecule has 3 nitrogen and oxygen atoms in total. The monoisotopic (exact) mass is 160 g/mol. The molecule has 0 spiro atoms. The number of rotatable bonds is 0. The Hall–Kier alpha value is 2.26. The van der Waals surface area contributed by atoms with Gasteiger partial charge in [0, 0.05) is 0 Å². The van der Waals surface area contributed by atoms with E-state index in [9.17, 15) is 0 Å². The van der Waals surface area contributed by atoms with E-state index in [2.05, 4.69) is 0 Å². The minimum atomic E-state index is -1.83. The van der Waals surface area contributed by atoms with E-state index >= 15 is 0 Å². The van der Waals surface area contributed by atoms with Crippen molar-refractivity contribution in [1.82, 2.24) is 0 Å². The molecule has 0 radical (unpaired) electrons. The third-order valence-corrected chi connectivity index (χ3v) is 0. The van der Waals surface area contributed by atoms with Crippen molar-refractivity contribution in [3.63, 3.8) is 0 Å². The molecule has 7 heavy (non-hydrogen) atoms. The van der Waals surface area contributed by atoms with Crippen molar-refractivity contribution in [1.29, 1.82) is 0 Å². The number of hydrogen-bond acceptors (Lipinski definition) is 1. The topological polar surface area (TPSA) is 57.5 Å². The Kier molecular flexibility index (Phi) is 51.3. The van der Waals surface area contributed by atoms with Crippen LogP contribution in [0.15, 0.2) is 0 Å². The molecule has 2 N–H and O–H groups in total. The summed E-state index contributed by atoms with van der Waals surface area (Å²) in [6.45, 7) is 0. The zero-order chi connectivity index (χ0) is 3.58. The fraction of sp³-hybridized carbons (Fsp3) is 0. The molecule has 0 aromatic carbocycles. The van der Waals surface area contributed by atoms with Crippen LogP contribution in [0.5, 0.6) is 0 Å². The summed E-state index contributed by atoms with van der Waals surface area (Å²) in [6, 6.07) is 0. The van der Waals surface area contributed by atoms with Crippen molar-refractivity contribution >= 4 is 101 Å². The van der Waals surface area contributed by atoms with Crippen LogP contribution in [-0.4, -0.2) is 97.3 Å². The number of hydrogen-bond donors (Lipinski definition) is 2. The van der Waals surface area contributed by atoms with Crippen molar-refractivity contribution < 1.29 is 15.0 Å². The van der Waals surface area contributed by atoms with E-state index in [1.807, 2.05) is 0 Å². The van der Waals surface area contributed by atoms with Gasteiger partial charge in [-0.25, -0.2) is 4.79 Å². The summed E-state index contributed by atoms with van der Waals surface area (Å²) in [5.41, 5.74) is 0. The van der Waals surface area contributed by atoms with E-state index in [0.29, 0.717) is 0 Å². The van der Waals surface area contributed by atoms with Crippen LogP contribution in [0.1, 0.15) is 0 Å². The molecule has 0 unspecified atom stereocenters. The molecule has 0 aliphatic heterocycles. The maximum absolute atomic E-state index is 8.56. The van der Waals surface area contributed by atoms with E-state index in [4.69, 9.17) is 15.0 Å². The molecule has 0 rings (SSSR count).